The van der Waals surface area contributed by atoms with Gasteiger partial charge >= 0.3 is 0 Å². The molecule has 0 aliphatic rings. The monoisotopic (exact) mass is 382 g/mol. The topological polar surface area (TPSA) is 24.9 Å². The van der Waals surface area contributed by atoms with Gasteiger partial charge < -0.3 is 5.32 Å². The van der Waals surface area contributed by atoms with Gasteiger partial charge in [0.05, 0.1) is 4.47 Å². The molecule has 1 N–H and O–H groups in total. The fraction of sp³-hybridized carbons (Fsp3) is 0.267. The number of nitrogens with zero attached hydrogens (tertiary/aromatic N) is 1. The van der Waals surface area contributed by atoms with Gasteiger partial charge in [-0.3, -0.25) is 0 Å². The van der Waals surface area contributed by atoms with Crippen molar-refractivity contribution >= 4 is 37.7 Å². The first-order valence-electron chi connectivity index (χ1n) is 6.20. The van der Waals surface area contributed by atoms with Crippen LogP contribution in [0.15, 0.2) is 45.5 Å². The highest BCUT2D eigenvalue weighted by atomic mass is 79.9. The minimum absolute atomic E-state index is 0.573. The summed E-state index contributed by atoms with van der Waals surface area (Å²) >= 11 is 6.89. The van der Waals surface area contributed by atoms with Gasteiger partial charge in [-0.2, -0.15) is 0 Å². The summed E-state index contributed by atoms with van der Waals surface area (Å²) in [5.41, 5.74) is 2.62. The lowest BCUT2D eigenvalue weighted by Crippen LogP contribution is -2.02. The lowest BCUT2D eigenvalue weighted by Gasteiger charge is -2.09. The maximum Gasteiger partial charge on any atom is 0.140 e. The number of aromatic nitrogens is 1. The molecule has 4 heteroatoms. The molecule has 1 aromatic carbocycles. The van der Waals surface area contributed by atoms with Crippen LogP contribution in [-0.4, -0.2) is 4.98 Å². The van der Waals surface area contributed by atoms with E-state index in [0.29, 0.717) is 5.92 Å². The summed E-state index contributed by atoms with van der Waals surface area (Å²) in [6.45, 7) is 5.18. The Hall–Kier alpha value is -0.870. The molecular formula is C15H16Br2N2. The van der Waals surface area contributed by atoms with E-state index in [0.717, 1.165) is 21.3 Å². The van der Waals surface area contributed by atoms with Crippen molar-refractivity contribution in [1.82, 2.24) is 4.98 Å². The number of benzene rings is 1. The van der Waals surface area contributed by atoms with Crippen LogP contribution in [0.25, 0.3) is 0 Å². The van der Waals surface area contributed by atoms with Gasteiger partial charge in [0, 0.05) is 17.2 Å². The molecule has 0 fully saturated rings. The first-order chi connectivity index (χ1) is 9.06. The molecular weight excluding hydrogens is 368 g/mol. The van der Waals surface area contributed by atoms with Gasteiger partial charge in [0.2, 0.25) is 0 Å². The number of nitrogens with one attached hydrogen (secondary N) is 1. The second kappa shape index (κ2) is 6.53. The van der Waals surface area contributed by atoms with E-state index in [9.17, 15) is 0 Å². The lowest BCUT2D eigenvalue weighted by molar-refractivity contribution is 0.865. The standard InChI is InChI=1S/C15H16Br2N2/c1-10(2)12-5-3-11(4-6-12)8-18-15-14(17)7-13(16)9-19-15/h3-7,9-10H,8H2,1-2H3,(H,18,19). The van der Waals surface area contributed by atoms with Gasteiger partial charge in [-0.25, -0.2) is 4.98 Å². The summed E-state index contributed by atoms with van der Waals surface area (Å²) in [6.07, 6.45) is 1.79. The van der Waals surface area contributed by atoms with Crippen LogP contribution in [0.3, 0.4) is 0 Å². The van der Waals surface area contributed by atoms with Gasteiger partial charge in [-0.15, -0.1) is 0 Å². The number of hydrogen-bond donors (Lipinski definition) is 1. The van der Waals surface area contributed by atoms with Crippen LogP contribution >= 0.6 is 31.9 Å². The smallest absolute Gasteiger partial charge is 0.140 e. The summed E-state index contributed by atoms with van der Waals surface area (Å²) < 4.78 is 1.92. The maximum absolute atomic E-state index is 4.33. The molecule has 0 saturated heterocycles. The van der Waals surface area contributed by atoms with E-state index in [-0.39, 0.29) is 0 Å². The zero-order valence-corrected chi connectivity index (χ0v) is 14.1. The molecule has 19 heavy (non-hydrogen) atoms. The van der Waals surface area contributed by atoms with E-state index >= 15 is 0 Å². The van der Waals surface area contributed by atoms with Gasteiger partial charge in [0.15, 0.2) is 0 Å². The summed E-state index contributed by atoms with van der Waals surface area (Å²) in [5.74, 6) is 1.43. The number of hydrogen-bond acceptors (Lipinski definition) is 2. The average Bonchev–Trinajstić information content (AvgIpc) is 2.38. The highest BCUT2D eigenvalue weighted by Crippen LogP contribution is 2.24. The molecule has 2 aromatic rings. The lowest BCUT2D eigenvalue weighted by atomic mass is 10.0. The molecule has 0 radical (unpaired) electrons. The highest BCUT2D eigenvalue weighted by Gasteiger charge is 2.03. The molecule has 0 aliphatic carbocycles. The maximum atomic E-state index is 4.33. The van der Waals surface area contributed by atoms with Crippen LogP contribution in [-0.2, 0) is 6.54 Å². The molecule has 100 valence electrons. The van der Waals surface area contributed by atoms with Crippen LogP contribution in [0.5, 0.6) is 0 Å². The van der Waals surface area contributed by atoms with E-state index in [1.807, 2.05) is 6.07 Å². The Morgan fingerprint density at radius 2 is 1.84 bits per heavy atom. The Kier molecular flexibility index (Phi) is 4.99. The van der Waals surface area contributed by atoms with Crippen LogP contribution < -0.4 is 5.32 Å². The van der Waals surface area contributed by atoms with Crippen molar-refractivity contribution in [3.8, 4) is 0 Å². The number of halogens is 2. The Balaban J connectivity index is 2.02. The molecule has 1 heterocycles. The Morgan fingerprint density at radius 1 is 1.16 bits per heavy atom. The van der Waals surface area contributed by atoms with E-state index in [1.54, 1.807) is 6.20 Å². The van der Waals surface area contributed by atoms with Gasteiger partial charge in [0.25, 0.3) is 0 Å². The predicted octanol–water partition coefficient (Wildman–Crippen LogP) is 5.34. The molecule has 0 spiro atoms. The Labute approximate surface area is 130 Å². The van der Waals surface area contributed by atoms with Crippen molar-refractivity contribution in [2.24, 2.45) is 0 Å². The third kappa shape index (κ3) is 4.05. The molecule has 0 bridgehead atoms. The van der Waals surface area contributed by atoms with Crippen LogP contribution in [0.1, 0.15) is 30.9 Å². The van der Waals surface area contributed by atoms with Crippen molar-refractivity contribution < 1.29 is 0 Å². The van der Waals surface area contributed by atoms with Crippen LogP contribution in [0.2, 0.25) is 0 Å². The number of rotatable bonds is 4. The molecule has 0 aliphatic heterocycles. The molecule has 2 rings (SSSR count). The number of anilines is 1. The van der Waals surface area contributed by atoms with Gasteiger partial charge in [0.1, 0.15) is 5.82 Å². The second-order valence-corrected chi connectivity index (χ2v) is 6.50. The summed E-state index contributed by atoms with van der Waals surface area (Å²) in [4.78, 5) is 4.33. The van der Waals surface area contributed by atoms with E-state index in [1.165, 1.54) is 11.1 Å². The largest absolute Gasteiger partial charge is 0.365 e. The second-order valence-electron chi connectivity index (χ2n) is 4.73. The molecule has 2 nitrogen and oxygen atoms in total. The summed E-state index contributed by atoms with van der Waals surface area (Å²) in [7, 11) is 0. The van der Waals surface area contributed by atoms with Gasteiger partial charge in [-0.05, 0) is 55.0 Å². The van der Waals surface area contributed by atoms with Crippen molar-refractivity contribution in [3.05, 3.63) is 56.6 Å². The third-order valence-corrected chi connectivity index (χ3v) is 3.95. The normalized spacial score (nSPS) is 10.8. The van der Waals surface area contributed by atoms with E-state index in [2.05, 4.69) is 80.3 Å². The predicted molar refractivity (Wildman–Crippen MR) is 87.5 cm³/mol. The minimum Gasteiger partial charge on any atom is -0.365 e. The van der Waals surface area contributed by atoms with Gasteiger partial charge in [-0.1, -0.05) is 38.1 Å². The highest BCUT2D eigenvalue weighted by molar-refractivity contribution is 9.11. The SMILES string of the molecule is CC(C)c1ccc(CNc2ncc(Br)cc2Br)cc1. The summed E-state index contributed by atoms with van der Waals surface area (Å²) in [6, 6.07) is 10.7. The third-order valence-electron chi connectivity index (χ3n) is 2.91. The van der Waals surface area contributed by atoms with Crippen molar-refractivity contribution in [1.29, 1.82) is 0 Å². The molecule has 0 amide bonds. The van der Waals surface area contributed by atoms with Crippen LogP contribution in [0.4, 0.5) is 5.82 Å². The van der Waals surface area contributed by atoms with Crippen molar-refractivity contribution in [2.75, 3.05) is 5.32 Å². The Bertz CT molecular complexity index is 551. The minimum atomic E-state index is 0.573. The zero-order valence-electron chi connectivity index (χ0n) is 11.0. The van der Waals surface area contributed by atoms with E-state index < -0.39 is 0 Å². The Morgan fingerprint density at radius 3 is 2.42 bits per heavy atom. The fourth-order valence-electron chi connectivity index (χ4n) is 1.75. The first kappa shape index (κ1) is 14.5. The van der Waals surface area contributed by atoms with Crippen molar-refractivity contribution in [3.63, 3.8) is 0 Å². The molecule has 0 unspecified atom stereocenters. The summed E-state index contributed by atoms with van der Waals surface area (Å²) in [5, 5.41) is 3.33. The molecule has 0 atom stereocenters. The van der Waals surface area contributed by atoms with Crippen LogP contribution in [0, 0.1) is 0 Å². The number of pyridine rings is 1. The molecule has 0 saturated carbocycles. The fourth-order valence-corrected chi connectivity index (χ4v) is 2.88. The van der Waals surface area contributed by atoms with E-state index in [4.69, 9.17) is 0 Å². The average molecular weight is 384 g/mol. The molecule has 1 aromatic heterocycles. The zero-order chi connectivity index (χ0) is 13.8. The quantitative estimate of drug-likeness (QED) is 0.770. The van der Waals surface area contributed by atoms with Crippen molar-refractivity contribution in [2.45, 2.75) is 26.3 Å². The first-order valence-corrected chi connectivity index (χ1v) is 7.78.